The number of hydrogen-bond donors (Lipinski definition) is 0. The van der Waals surface area contributed by atoms with E-state index in [9.17, 15) is 0 Å². The van der Waals surface area contributed by atoms with Gasteiger partial charge in [0.25, 0.3) is 0 Å². The van der Waals surface area contributed by atoms with E-state index in [2.05, 4.69) is 26.0 Å². The second kappa shape index (κ2) is 5.28. The molecule has 2 atom stereocenters. The van der Waals surface area contributed by atoms with Crippen molar-refractivity contribution in [3.8, 4) is 0 Å². The molecule has 1 heterocycles. The lowest BCUT2D eigenvalue weighted by Crippen LogP contribution is -2.34. The zero-order chi connectivity index (χ0) is 11.4. The fraction of sp³-hybridized carbons (Fsp3) is 0.429. The fourth-order valence-corrected chi connectivity index (χ4v) is 1.91. The van der Waals surface area contributed by atoms with Gasteiger partial charge in [0, 0.05) is 0 Å². The van der Waals surface area contributed by atoms with Gasteiger partial charge in [-0.1, -0.05) is 36.4 Å². The molecular weight excluding hydrogens is 200 g/mol. The molecule has 86 valence electrons. The van der Waals surface area contributed by atoms with E-state index in [-0.39, 0.29) is 18.5 Å². The van der Waals surface area contributed by atoms with Crippen molar-refractivity contribution in [2.24, 2.45) is 0 Å². The van der Waals surface area contributed by atoms with Gasteiger partial charge in [-0.15, -0.1) is 0 Å². The third kappa shape index (κ3) is 3.19. The molecule has 1 fully saturated rings. The zero-order valence-corrected chi connectivity index (χ0v) is 9.80. The van der Waals surface area contributed by atoms with Crippen molar-refractivity contribution in [2.75, 3.05) is 0 Å². The molecule has 0 saturated carbocycles. The van der Waals surface area contributed by atoms with Crippen molar-refractivity contribution < 1.29 is 9.47 Å². The maximum atomic E-state index is 5.67. The van der Waals surface area contributed by atoms with Crippen molar-refractivity contribution in [1.29, 1.82) is 0 Å². The highest BCUT2D eigenvalue weighted by Gasteiger charge is 2.22. The van der Waals surface area contributed by atoms with Crippen molar-refractivity contribution >= 4 is 6.08 Å². The summed E-state index contributed by atoms with van der Waals surface area (Å²) in [5.41, 5.74) is 1.17. The second-order valence-electron chi connectivity index (χ2n) is 4.27. The highest BCUT2D eigenvalue weighted by molar-refractivity contribution is 5.48. The lowest BCUT2D eigenvalue weighted by atomic mass is 10.1. The number of hydrogen-bond acceptors (Lipinski definition) is 2. The molecule has 0 amide bonds. The third-order valence-electron chi connectivity index (χ3n) is 2.64. The Kier molecular flexibility index (Phi) is 3.75. The lowest BCUT2D eigenvalue weighted by Gasteiger charge is -2.30. The summed E-state index contributed by atoms with van der Waals surface area (Å²) in [4.78, 5) is 0. The van der Waals surface area contributed by atoms with Crippen LogP contribution in [-0.4, -0.2) is 18.5 Å². The number of rotatable bonds is 2. The Balaban J connectivity index is 1.96. The normalized spacial score (nSPS) is 30.8. The van der Waals surface area contributed by atoms with Crippen LogP contribution in [0, 0.1) is 0 Å². The summed E-state index contributed by atoms with van der Waals surface area (Å²) in [7, 11) is 0. The quantitative estimate of drug-likeness (QED) is 0.758. The van der Waals surface area contributed by atoms with E-state index in [0.717, 1.165) is 6.42 Å². The number of benzene rings is 1. The second-order valence-corrected chi connectivity index (χ2v) is 4.27. The summed E-state index contributed by atoms with van der Waals surface area (Å²) in [5, 5.41) is 0. The first-order valence-electron chi connectivity index (χ1n) is 5.78. The average molecular weight is 218 g/mol. The Labute approximate surface area is 96.9 Å². The summed E-state index contributed by atoms with van der Waals surface area (Å²) in [6.07, 6.45) is 5.31. The summed E-state index contributed by atoms with van der Waals surface area (Å²) in [6.45, 7) is 4.17. The molecule has 0 aromatic heterocycles. The minimum absolute atomic E-state index is 0.209. The van der Waals surface area contributed by atoms with E-state index in [0.29, 0.717) is 0 Å². The summed E-state index contributed by atoms with van der Waals surface area (Å²) in [6, 6.07) is 10.2. The van der Waals surface area contributed by atoms with Crippen LogP contribution < -0.4 is 0 Å². The first kappa shape index (κ1) is 11.4. The molecule has 2 heteroatoms. The lowest BCUT2D eigenvalue weighted by molar-refractivity contribution is -0.209. The van der Waals surface area contributed by atoms with Gasteiger partial charge in [0.05, 0.1) is 12.2 Å². The van der Waals surface area contributed by atoms with Crippen LogP contribution in [0.4, 0.5) is 0 Å². The van der Waals surface area contributed by atoms with Gasteiger partial charge < -0.3 is 9.47 Å². The standard InChI is InChI=1S/C14H18O2/c1-11-10-12(2)16-14(15-11)9-8-13-6-4-3-5-7-13/h3-9,11-12,14H,10H2,1-2H3/b9-8-/t11-,12-/m0/s1. The van der Waals surface area contributed by atoms with Crippen LogP contribution in [0.5, 0.6) is 0 Å². The summed E-state index contributed by atoms with van der Waals surface area (Å²) in [5.74, 6) is 0. The fourth-order valence-electron chi connectivity index (χ4n) is 1.91. The van der Waals surface area contributed by atoms with Crippen LogP contribution in [0.25, 0.3) is 6.08 Å². The van der Waals surface area contributed by atoms with Crippen LogP contribution in [0.2, 0.25) is 0 Å². The van der Waals surface area contributed by atoms with Gasteiger partial charge in [-0.2, -0.15) is 0 Å². The largest absolute Gasteiger partial charge is 0.346 e. The maximum absolute atomic E-state index is 5.67. The summed E-state index contributed by atoms with van der Waals surface area (Å²) < 4.78 is 11.3. The van der Waals surface area contributed by atoms with Gasteiger partial charge in [0.1, 0.15) is 0 Å². The third-order valence-corrected chi connectivity index (χ3v) is 2.64. The van der Waals surface area contributed by atoms with E-state index in [1.54, 1.807) is 0 Å². The van der Waals surface area contributed by atoms with Gasteiger partial charge in [0.2, 0.25) is 0 Å². The van der Waals surface area contributed by atoms with Crippen LogP contribution in [-0.2, 0) is 9.47 Å². The molecule has 0 bridgehead atoms. The average Bonchev–Trinajstić information content (AvgIpc) is 2.27. The molecule has 1 aliphatic heterocycles. The Morgan fingerprint density at radius 1 is 1.06 bits per heavy atom. The first-order valence-corrected chi connectivity index (χ1v) is 5.78. The molecule has 1 aliphatic rings. The van der Waals surface area contributed by atoms with E-state index in [1.807, 2.05) is 30.4 Å². The molecule has 2 nitrogen and oxygen atoms in total. The van der Waals surface area contributed by atoms with Gasteiger partial charge in [-0.3, -0.25) is 0 Å². The highest BCUT2D eigenvalue weighted by Crippen LogP contribution is 2.19. The Morgan fingerprint density at radius 2 is 1.69 bits per heavy atom. The molecule has 0 radical (unpaired) electrons. The highest BCUT2D eigenvalue weighted by atomic mass is 16.7. The molecule has 1 aromatic rings. The molecule has 0 N–H and O–H groups in total. The van der Waals surface area contributed by atoms with E-state index in [4.69, 9.17) is 9.47 Å². The van der Waals surface area contributed by atoms with Gasteiger partial charge >= 0.3 is 0 Å². The zero-order valence-electron chi connectivity index (χ0n) is 9.80. The molecule has 2 rings (SSSR count). The van der Waals surface area contributed by atoms with E-state index in [1.165, 1.54) is 5.56 Å². The smallest absolute Gasteiger partial charge is 0.177 e. The molecule has 1 saturated heterocycles. The molecular formula is C14H18O2. The Hall–Kier alpha value is -1.12. The van der Waals surface area contributed by atoms with E-state index >= 15 is 0 Å². The van der Waals surface area contributed by atoms with Crippen molar-refractivity contribution in [3.05, 3.63) is 42.0 Å². The van der Waals surface area contributed by atoms with Crippen LogP contribution in [0.1, 0.15) is 25.8 Å². The van der Waals surface area contributed by atoms with Crippen molar-refractivity contribution in [2.45, 2.75) is 38.8 Å². The predicted molar refractivity (Wildman–Crippen MR) is 65.0 cm³/mol. The minimum Gasteiger partial charge on any atom is -0.346 e. The molecule has 0 unspecified atom stereocenters. The van der Waals surface area contributed by atoms with Crippen LogP contribution >= 0.6 is 0 Å². The topological polar surface area (TPSA) is 18.5 Å². The van der Waals surface area contributed by atoms with Gasteiger partial charge in [0.15, 0.2) is 6.29 Å². The first-order chi connectivity index (χ1) is 7.74. The number of ether oxygens (including phenoxy) is 2. The molecule has 1 aromatic carbocycles. The molecule has 0 aliphatic carbocycles. The maximum Gasteiger partial charge on any atom is 0.177 e. The SMILES string of the molecule is C[C@H]1C[C@H](C)OC(/C=C\c2ccccc2)O1. The van der Waals surface area contributed by atoms with E-state index < -0.39 is 0 Å². The predicted octanol–water partition coefficient (Wildman–Crippen LogP) is 3.24. The van der Waals surface area contributed by atoms with Crippen LogP contribution in [0.3, 0.4) is 0 Å². The minimum atomic E-state index is -0.209. The van der Waals surface area contributed by atoms with Gasteiger partial charge in [-0.05, 0) is 31.9 Å². The van der Waals surface area contributed by atoms with Crippen LogP contribution in [0.15, 0.2) is 36.4 Å². The summed E-state index contributed by atoms with van der Waals surface area (Å²) >= 11 is 0. The van der Waals surface area contributed by atoms with Gasteiger partial charge in [-0.25, -0.2) is 0 Å². The van der Waals surface area contributed by atoms with Crippen molar-refractivity contribution in [1.82, 2.24) is 0 Å². The Morgan fingerprint density at radius 3 is 2.31 bits per heavy atom. The monoisotopic (exact) mass is 218 g/mol. The molecule has 0 spiro atoms. The van der Waals surface area contributed by atoms with Crippen molar-refractivity contribution in [3.63, 3.8) is 0 Å². The molecule has 16 heavy (non-hydrogen) atoms. The Bertz CT molecular complexity index is 335.